The number of aryl methyl sites for hydroxylation is 1. The summed E-state index contributed by atoms with van der Waals surface area (Å²) < 4.78 is 5.42. The van der Waals surface area contributed by atoms with Crippen molar-refractivity contribution in [1.82, 2.24) is 9.97 Å². The Morgan fingerprint density at radius 2 is 2.00 bits per heavy atom. The third-order valence-corrected chi connectivity index (χ3v) is 3.03. The molecule has 0 amide bonds. The second kappa shape index (κ2) is 9.62. The van der Waals surface area contributed by atoms with Crippen molar-refractivity contribution in [1.29, 1.82) is 0 Å². The van der Waals surface area contributed by atoms with E-state index in [1.54, 1.807) is 19.5 Å². The van der Waals surface area contributed by atoms with Crippen LogP contribution in [0.4, 0.5) is 5.95 Å². The minimum Gasteiger partial charge on any atom is -0.381 e. The summed E-state index contributed by atoms with van der Waals surface area (Å²) in [5.41, 5.74) is 1.06. The number of aromatic nitrogens is 2. The normalized spacial score (nSPS) is 13.0. The molecule has 0 spiro atoms. The van der Waals surface area contributed by atoms with Gasteiger partial charge in [0.25, 0.3) is 0 Å². The highest BCUT2D eigenvalue weighted by Gasteiger charge is 2.04. The molecule has 4 nitrogen and oxygen atoms in total. The second-order valence-electron chi connectivity index (χ2n) is 4.80. The lowest BCUT2D eigenvalue weighted by atomic mass is 10.1. The average Bonchev–Trinajstić information content (AvgIpc) is 2.43. The van der Waals surface area contributed by atoms with E-state index in [9.17, 15) is 0 Å². The molecule has 0 saturated carbocycles. The molecule has 0 radical (unpaired) electrons. The lowest BCUT2D eigenvalue weighted by Gasteiger charge is -2.13. The van der Waals surface area contributed by atoms with Crippen LogP contribution in [-0.2, 0) is 4.74 Å². The van der Waals surface area contributed by atoms with Crippen LogP contribution < -0.4 is 0 Å². The van der Waals surface area contributed by atoms with Crippen LogP contribution in [0.5, 0.6) is 0 Å². The predicted molar refractivity (Wildman–Crippen MR) is 79.1 cm³/mol. The molecule has 106 valence electrons. The quantitative estimate of drug-likeness (QED) is 0.502. The Bertz CT molecular complexity index is 362. The third-order valence-electron chi connectivity index (χ3n) is 3.03. The van der Waals surface area contributed by atoms with Crippen LogP contribution in [0.1, 0.15) is 51.0 Å². The minimum atomic E-state index is 0.419. The smallest absolute Gasteiger partial charge is 0.248 e. The van der Waals surface area contributed by atoms with Crippen molar-refractivity contribution in [3.63, 3.8) is 0 Å². The van der Waals surface area contributed by atoms with Crippen molar-refractivity contribution in [3.05, 3.63) is 18.0 Å². The number of methoxy groups -OCH3 is 1. The molecule has 1 rings (SSSR count). The van der Waals surface area contributed by atoms with Crippen molar-refractivity contribution >= 4 is 12.2 Å². The second-order valence-corrected chi connectivity index (χ2v) is 4.80. The highest BCUT2D eigenvalue weighted by Crippen LogP contribution is 2.11. The largest absolute Gasteiger partial charge is 0.381 e. The monoisotopic (exact) mass is 263 g/mol. The molecule has 19 heavy (non-hydrogen) atoms. The highest BCUT2D eigenvalue weighted by molar-refractivity contribution is 5.60. The van der Waals surface area contributed by atoms with Gasteiger partial charge in [0.05, 0.1) is 6.10 Å². The summed E-state index contributed by atoms with van der Waals surface area (Å²) in [5, 5.41) is 0. The van der Waals surface area contributed by atoms with Crippen molar-refractivity contribution in [2.45, 2.75) is 58.5 Å². The molecule has 1 unspecified atom stereocenters. The lowest BCUT2D eigenvalue weighted by Crippen LogP contribution is -2.09. The fourth-order valence-electron chi connectivity index (χ4n) is 1.91. The number of unbranched alkanes of at least 4 members (excludes halogenated alkanes) is 2. The van der Waals surface area contributed by atoms with Crippen LogP contribution in [0.3, 0.4) is 0 Å². The Morgan fingerprint density at radius 3 is 2.63 bits per heavy atom. The Hall–Kier alpha value is -1.29. The lowest BCUT2D eigenvalue weighted by molar-refractivity contribution is 0.0853. The van der Waals surface area contributed by atoms with Gasteiger partial charge in [0.1, 0.15) is 0 Å². The Balaban J connectivity index is 2.15. The number of rotatable bonds is 9. The number of ether oxygens (including phenoxy) is 1. The minimum absolute atomic E-state index is 0.419. The van der Waals surface area contributed by atoms with Gasteiger partial charge in [0.2, 0.25) is 5.95 Å². The number of hydrogen-bond donors (Lipinski definition) is 0. The first-order chi connectivity index (χ1) is 9.26. The van der Waals surface area contributed by atoms with Crippen LogP contribution in [0.2, 0.25) is 0 Å². The Labute approximate surface area is 116 Å². The van der Waals surface area contributed by atoms with Crippen LogP contribution in [0, 0.1) is 6.92 Å². The molecule has 0 aromatic carbocycles. The van der Waals surface area contributed by atoms with E-state index in [4.69, 9.17) is 4.74 Å². The van der Waals surface area contributed by atoms with Crippen LogP contribution in [0.25, 0.3) is 0 Å². The molecule has 0 N–H and O–H groups in total. The molecule has 0 aliphatic rings. The first-order valence-electron chi connectivity index (χ1n) is 7.10. The van der Waals surface area contributed by atoms with Crippen molar-refractivity contribution in [2.24, 2.45) is 4.99 Å². The van der Waals surface area contributed by atoms with Gasteiger partial charge in [-0.1, -0.05) is 19.8 Å². The van der Waals surface area contributed by atoms with Crippen molar-refractivity contribution < 1.29 is 4.74 Å². The summed E-state index contributed by atoms with van der Waals surface area (Å²) in [7, 11) is 1.80. The van der Waals surface area contributed by atoms with Gasteiger partial charge in [0.15, 0.2) is 0 Å². The number of hydrogen-bond acceptors (Lipinski definition) is 4. The van der Waals surface area contributed by atoms with Crippen molar-refractivity contribution in [2.75, 3.05) is 7.11 Å². The summed E-state index contributed by atoms with van der Waals surface area (Å²) in [5.74, 6) is 0.548. The van der Waals surface area contributed by atoms with Crippen LogP contribution >= 0.6 is 0 Å². The fraction of sp³-hybridized carbons (Fsp3) is 0.667. The molecule has 1 aromatic rings. The topological polar surface area (TPSA) is 47.4 Å². The summed E-state index contributed by atoms with van der Waals surface area (Å²) in [6, 6.07) is 0. The van der Waals surface area contributed by atoms with Gasteiger partial charge < -0.3 is 4.74 Å². The predicted octanol–water partition coefficient (Wildman–Crippen LogP) is 3.86. The molecule has 4 heteroatoms. The standard InChI is InChI=1S/C15H25N3O/c1-4-8-14(19-3)9-6-5-7-10-16-15-17-11-13(2)12-18-15/h10-12,14H,4-9H2,1-3H3. The molecular weight excluding hydrogens is 238 g/mol. The fourth-order valence-corrected chi connectivity index (χ4v) is 1.91. The van der Waals surface area contributed by atoms with E-state index in [0.29, 0.717) is 12.1 Å². The van der Waals surface area contributed by atoms with E-state index in [0.717, 1.165) is 31.2 Å². The van der Waals surface area contributed by atoms with E-state index in [-0.39, 0.29) is 0 Å². The van der Waals surface area contributed by atoms with E-state index < -0.39 is 0 Å². The van der Waals surface area contributed by atoms with Gasteiger partial charge in [-0.05, 0) is 38.2 Å². The zero-order valence-electron chi connectivity index (χ0n) is 12.3. The van der Waals surface area contributed by atoms with E-state index >= 15 is 0 Å². The maximum Gasteiger partial charge on any atom is 0.248 e. The molecular formula is C15H25N3O. The van der Waals surface area contributed by atoms with E-state index in [2.05, 4.69) is 21.9 Å². The van der Waals surface area contributed by atoms with Gasteiger partial charge >= 0.3 is 0 Å². The summed E-state index contributed by atoms with van der Waals surface area (Å²) >= 11 is 0. The van der Waals surface area contributed by atoms with Gasteiger partial charge in [-0.25, -0.2) is 15.0 Å². The molecule has 0 aliphatic carbocycles. The Morgan fingerprint density at radius 1 is 1.26 bits per heavy atom. The summed E-state index contributed by atoms with van der Waals surface area (Å²) in [4.78, 5) is 12.5. The molecule has 1 aromatic heterocycles. The molecule has 0 aliphatic heterocycles. The first-order valence-corrected chi connectivity index (χ1v) is 7.10. The SMILES string of the molecule is CCCC(CCCCC=Nc1ncc(C)cn1)OC. The van der Waals surface area contributed by atoms with Gasteiger partial charge in [-0.3, -0.25) is 0 Å². The maximum absolute atomic E-state index is 5.42. The molecule has 1 heterocycles. The molecule has 0 bridgehead atoms. The van der Waals surface area contributed by atoms with Gasteiger partial charge in [-0.2, -0.15) is 0 Å². The van der Waals surface area contributed by atoms with Crippen molar-refractivity contribution in [3.8, 4) is 0 Å². The van der Waals surface area contributed by atoms with Crippen LogP contribution in [-0.4, -0.2) is 29.4 Å². The summed E-state index contributed by atoms with van der Waals surface area (Å²) in [6.07, 6.45) is 12.7. The molecule has 1 atom stereocenters. The molecule has 0 fully saturated rings. The maximum atomic E-state index is 5.42. The number of nitrogens with zero attached hydrogens (tertiary/aromatic N) is 3. The van der Waals surface area contributed by atoms with E-state index in [1.165, 1.54) is 12.8 Å². The highest BCUT2D eigenvalue weighted by atomic mass is 16.5. The van der Waals surface area contributed by atoms with Gasteiger partial charge in [0, 0.05) is 25.7 Å². The van der Waals surface area contributed by atoms with E-state index in [1.807, 2.05) is 13.1 Å². The zero-order chi connectivity index (χ0) is 13.9. The Kier molecular flexibility index (Phi) is 7.98. The van der Waals surface area contributed by atoms with Crippen LogP contribution in [0.15, 0.2) is 17.4 Å². The zero-order valence-corrected chi connectivity index (χ0v) is 12.3. The third kappa shape index (κ3) is 7.01. The molecule has 0 saturated heterocycles. The van der Waals surface area contributed by atoms with Gasteiger partial charge in [-0.15, -0.1) is 0 Å². The average molecular weight is 263 g/mol. The first kappa shape index (κ1) is 15.8. The summed E-state index contributed by atoms with van der Waals surface area (Å²) in [6.45, 7) is 4.16. The number of aliphatic imine (C=N–C) groups is 1.